The van der Waals surface area contributed by atoms with E-state index in [2.05, 4.69) is 5.10 Å². The minimum Gasteiger partial charge on any atom is -0.384 e. The SMILES string of the molecule is COC(Cn1nc(-c2ccc(F)cc2)cc1N)OC. The fraction of sp³-hybridized carbons (Fsp3) is 0.308. The first kappa shape index (κ1) is 13.5. The molecule has 0 aliphatic rings. The molecule has 2 aromatic rings. The third-order valence-corrected chi connectivity index (χ3v) is 2.80. The molecule has 102 valence electrons. The molecule has 1 aromatic carbocycles. The maximum atomic E-state index is 12.9. The predicted octanol–water partition coefficient (Wildman–Crippen LogP) is 1.89. The maximum absolute atomic E-state index is 12.9. The Kier molecular flexibility index (Phi) is 4.13. The van der Waals surface area contributed by atoms with Gasteiger partial charge in [-0.25, -0.2) is 9.07 Å². The molecule has 0 saturated heterocycles. The molecule has 5 nitrogen and oxygen atoms in total. The Morgan fingerprint density at radius 3 is 2.47 bits per heavy atom. The van der Waals surface area contributed by atoms with E-state index in [9.17, 15) is 4.39 Å². The highest BCUT2D eigenvalue weighted by molar-refractivity contribution is 5.62. The molecule has 2 N–H and O–H groups in total. The van der Waals surface area contributed by atoms with E-state index in [1.165, 1.54) is 12.1 Å². The Morgan fingerprint density at radius 1 is 1.26 bits per heavy atom. The van der Waals surface area contributed by atoms with Crippen LogP contribution in [0.15, 0.2) is 30.3 Å². The zero-order valence-electron chi connectivity index (χ0n) is 10.8. The fourth-order valence-electron chi connectivity index (χ4n) is 1.73. The summed E-state index contributed by atoms with van der Waals surface area (Å²) in [6, 6.07) is 7.82. The van der Waals surface area contributed by atoms with Gasteiger partial charge < -0.3 is 15.2 Å². The van der Waals surface area contributed by atoms with Crippen molar-refractivity contribution >= 4 is 5.82 Å². The number of hydrogen-bond acceptors (Lipinski definition) is 4. The lowest BCUT2D eigenvalue weighted by Gasteiger charge is -2.13. The first-order chi connectivity index (χ1) is 9.13. The second-order valence-electron chi connectivity index (χ2n) is 4.04. The lowest BCUT2D eigenvalue weighted by Crippen LogP contribution is -2.22. The van der Waals surface area contributed by atoms with Crippen LogP contribution < -0.4 is 5.73 Å². The first-order valence-electron chi connectivity index (χ1n) is 5.79. The van der Waals surface area contributed by atoms with E-state index in [-0.39, 0.29) is 5.82 Å². The van der Waals surface area contributed by atoms with Gasteiger partial charge in [-0.3, -0.25) is 0 Å². The minimum absolute atomic E-state index is 0.282. The molecule has 0 aliphatic carbocycles. The highest BCUT2D eigenvalue weighted by Gasteiger charge is 2.12. The monoisotopic (exact) mass is 265 g/mol. The van der Waals surface area contributed by atoms with Crippen molar-refractivity contribution in [1.82, 2.24) is 9.78 Å². The third-order valence-electron chi connectivity index (χ3n) is 2.80. The van der Waals surface area contributed by atoms with E-state index >= 15 is 0 Å². The van der Waals surface area contributed by atoms with Gasteiger partial charge in [-0.15, -0.1) is 0 Å². The van der Waals surface area contributed by atoms with Crippen LogP contribution in [0.25, 0.3) is 11.3 Å². The number of benzene rings is 1. The van der Waals surface area contributed by atoms with Gasteiger partial charge in [-0.05, 0) is 24.3 Å². The van der Waals surface area contributed by atoms with Gasteiger partial charge in [0.15, 0.2) is 6.29 Å². The molecule has 0 unspecified atom stereocenters. The smallest absolute Gasteiger partial charge is 0.176 e. The number of methoxy groups -OCH3 is 2. The molecule has 0 radical (unpaired) electrons. The summed E-state index contributed by atoms with van der Waals surface area (Å²) in [7, 11) is 3.10. The van der Waals surface area contributed by atoms with Crippen LogP contribution in [0.3, 0.4) is 0 Å². The van der Waals surface area contributed by atoms with E-state index in [0.717, 1.165) is 5.56 Å². The van der Waals surface area contributed by atoms with Crippen LogP contribution in [0.4, 0.5) is 10.2 Å². The normalized spacial score (nSPS) is 11.2. The minimum atomic E-state index is -0.414. The largest absolute Gasteiger partial charge is 0.384 e. The summed E-state index contributed by atoms with van der Waals surface area (Å²) in [6.45, 7) is 0.389. The van der Waals surface area contributed by atoms with Crippen molar-refractivity contribution in [3.05, 3.63) is 36.1 Å². The van der Waals surface area contributed by atoms with Crippen molar-refractivity contribution in [3.63, 3.8) is 0 Å². The number of aromatic nitrogens is 2. The van der Waals surface area contributed by atoms with Crippen molar-refractivity contribution in [2.45, 2.75) is 12.8 Å². The summed E-state index contributed by atoms with van der Waals surface area (Å²) in [5, 5.41) is 4.35. The number of halogens is 1. The average molecular weight is 265 g/mol. The van der Waals surface area contributed by atoms with Crippen LogP contribution in [0.5, 0.6) is 0 Å². The number of nitrogens with zero attached hydrogens (tertiary/aromatic N) is 2. The summed E-state index contributed by atoms with van der Waals surface area (Å²) >= 11 is 0. The van der Waals surface area contributed by atoms with Crippen molar-refractivity contribution in [2.75, 3.05) is 20.0 Å². The van der Waals surface area contributed by atoms with E-state index < -0.39 is 6.29 Å². The standard InChI is InChI=1S/C13H16FN3O2/c1-18-13(19-2)8-17-12(15)7-11(16-17)9-3-5-10(14)6-4-9/h3-7,13H,8,15H2,1-2H3. The molecule has 6 heteroatoms. The van der Waals surface area contributed by atoms with Crippen LogP contribution in [-0.4, -0.2) is 30.3 Å². The summed E-state index contributed by atoms with van der Waals surface area (Å²) in [6.07, 6.45) is -0.414. The van der Waals surface area contributed by atoms with Gasteiger partial charge in [0.25, 0.3) is 0 Å². The molecule has 0 atom stereocenters. The molecule has 1 aromatic heterocycles. The van der Waals surface area contributed by atoms with Gasteiger partial charge in [-0.1, -0.05) is 0 Å². The van der Waals surface area contributed by atoms with Gasteiger partial charge in [0.1, 0.15) is 11.6 Å². The van der Waals surface area contributed by atoms with E-state index in [1.54, 1.807) is 37.1 Å². The Hall–Kier alpha value is -1.92. The Bertz CT molecular complexity index is 535. The Balaban J connectivity index is 2.23. The third kappa shape index (κ3) is 3.10. The molecular weight excluding hydrogens is 249 g/mol. The summed E-state index contributed by atoms with van der Waals surface area (Å²) in [5.74, 6) is 0.216. The van der Waals surface area contributed by atoms with Crippen LogP contribution in [0.2, 0.25) is 0 Å². The van der Waals surface area contributed by atoms with Gasteiger partial charge >= 0.3 is 0 Å². The van der Waals surface area contributed by atoms with Crippen molar-refractivity contribution in [2.24, 2.45) is 0 Å². The van der Waals surface area contributed by atoms with E-state index in [1.807, 2.05) is 0 Å². The predicted molar refractivity (Wildman–Crippen MR) is 69.8 cm³/mol. The molecule has 0 amide bonds. The number of hydrogen-bond donors (Lipinski definition) is 1. The molecule has 1 heterocycles. The zero-order chi connectivity index (χ0) is 13.8. The number of anilines is 1. The molecule has 0 aliphatic heterocycles. The molecular formula is C13H16FN3O2. The lowest BCUT2D eigenvalue weighted by molar-refractivity contribution is -0.112. The molecule has 0 bridgehead atoms. The second kappa shape index (κ2) is 5.81. The number of rotatable bonds is 5. The summed E-state index contributed by atoms with van der Waals surface area (Å²) in [4.78, 5) is 0. The highest BCUT2D eigenvalue weighted by Crippen LogP contribution is 2.21. The topological polar surface area (TPSA) is 62.3 Å². The van der Waals surface area contributed by atoms with Gasteiger partial charge in [0, 0.05) is 25.8 Å². The van der Waals surface area contributed by atoms with Gasteiger partial charge in [0.2, 0.25) is 0 Å². The molecule has 0 fully saturated rings. The molecule has 0 spiro atoms. The van der Waals surface area contributed by atoms with E-state index in [0.29, 0.717) is 18.1 Å². The first-order valence-corrected chi connectivity index (χ1v) is 5.79. The zero-order valence-corrected chi connectivity index (χ0v) is 10.8. The quantitative estimate of drug-likeness (QED) is 0.839. The Labute approximate surface area is 110 Å². The van der Waals surface area contributed by atoms with Gasteiger partial charge in [-0.2, -0.15) is 5.10 Å². The molecule has 0 saturated carbocycles. The average Bonchev–Trinajstić information content (AvgIpc) is 2.78. The highest BCUT2D eigenvalue weighted by atomic mass is 19.1. The number of nitrogen functional groups attached to an aromatic ring is 1. The van der Waals surface area contributed by atoms with Crippen LogP contribution in [0, 0.1) is 5.82 Å². The lowest BCUT2D eigenvalue weighted by atomic mass is 10.1. The molecule has 19 heavy (non-hydrogen) atoms. The van der Waals surface area contributed by atoms with Gasteiger partial charge in [0.05, 0.1) is 12.2 Å². The van der Waals surface area contributed by atoms with Crippen LogP contribution in [-0.2, 0) is 16.0 Å². The number of ether oxygens (including phenoxy) is 2. The summed E-state index contributed by atoms with van der Waals surface area (Å²) in [5.41, 5.74) is 7.37. The van der Waals surface area contributed by atoms with Crippen LogP contribution in [0.1, 0.15) is 0 Å². The summed E-state index contributed by atoms with van der Waals surface area (Å²) < 4.78 is 24.7. The van der Waals surface area contributed by atoms with Crippen molar-refractivity contribution < 1.29 is 13.9 Å². The maximum Gasteiger partial charge on any atom is 0.176 e. The molecule has 2 rings (SSSR count). The fourth-order valence-corrected chi connectivity index (χ4v) is 1.73. The van der Waals surface area contributed by atoms with Crippen molar-refractivity contribution in [1.29, 1.82) is 0 Å². The van der Waals surface area contributed by atoms with E-state index in [4.69, 9.17) is 15.2 Å². The Morgan fingerprint density at radius 2 is 1.89 bits per heavy atom. The van der Waals surface area contributed by atoms with Crippen molar-refractivity contribution in [3.8, 4) is 11.3 Å². The van der Waals surface area contributed by atoms with Crippen LogP contribution >= 0.6 is 0 Å². The number of nitrogens with two attached hydrogens (primary N) is 1. The second-order valence-corrected chi connectivity index (χ2v) is 4.04.